The smallest absolute Gasteiger partial charge is 0.252 e. The van der Waals surface area contributed by atoms with E-state index >= 15 is 0 Å². The van der Waals surface area contributed by atoms with Gasteiger partial charge in [0, 0.05) is 37.8 Å². The number of rotatable bonds is 3. The largest absolute Gasteiger partial charge is 0.367 e. The third kappa shape index (κ3) is 3.96. The van der Waals surface area contributed by atoms with Gasteiger partial charge in [-0.2, -0.15) is 0 Å². The van der Waals surface area contributed by atoms with Gasteiger partial charge in [-0.1, -0.05) is 36.4 Å². The van der Waals surface area contributed by atoms with Gasteiger partial charge in [0.05, 0.1) is 12.6 Å². The van der Waals surface area contributed by atoms with E-state index in [-0.39, 0.29) is 23.8 Å². The Labute approximate surface area is 189 Å². The monoisotopic (exact) mass is 437 g/mol. The predicted molar refractivity (Wildman–Crippen MR) is 122 cm³/mol. The second-order valence-corrected chi connectivity index (χ2v) is 9.45. The van der Waals surface area contributed by atoms with Crippen LogP contribution in [0.5, 0.6) is 0 Å². The summed E-state index contributed by atoms with van der Waals surface area (Å²) < 4.78 is 19.8. The fraction of sp³-hybridized carbons (Fsp3) is 0.500. The highest BCUT2D eigenvalue weighted by Crippen LogP contribution is 2.36. The van der Waals surface area contributed by atoms with Crippen molar-refractivity contribution in [2.24, 2.45) is 0 Å². The quantitative estimate of drug-likeness (QED) is 0.802. The van der Waals surface area contributed by atoms with Crippen LogP contribution in [0.15, 0.2) is 48.5 Å². The van der Waals surface area contributed by atoms with Crippen LogP contribution < -0.4 is 5.32 Å². The SMILES string of the molecule is CC(C)N1CCN[C@H]2C[C@H](C(=O)N3CCc4ccccc4[C@@H]3c3ccc(F)cc3)OC[C@H]21. The molecule has 6 heteroatoms. The van der Waals surface area contributed by atoms with E-state index in [2.05, 4.69) is 36.2 Å². The summed E-state index contributed by atoms with van der Waals surface area (Å²) in [7, 11) is 0. The summed E-state index contributed by atoms with van der Waals surface area (Å²) in [5.74, 6) is -0.230. The first kappa shape index (κ1) is 21.6. The van der Waals surface area contributed by atoms with Crippen LogP contribution in [0.25, 0.3) is 0 Å². The van der Waals surface area contributed by atoms with E-state index in [1.54, 1.807) is 12.1 Å². The number of carbonyl (C=O) groups excluding carboxylic acids is 1. The molecule has 1 amide bonds. The third-order valence-electron chi connectivity index (χ3n) is 7.29. The van der Waals surface area contributed by atoms with Crippen LogP contribution in [-0.4, -0.2) is 66.2 Å². The summed E-state index contributed by atoms with van der Waals surface area (Å²) in [6, 6.07) is 15.6. The highest BCUT2D eigenvalue weighted by molar-refractivity contribution is 5.82. The maximum atomic E-state index is 13.8. The lowest BCUT2D eigenvalue weighted by atomic mass is 9.87. The molecule has 32 heavy (non-hydrogen) atoms. The number of halogens is 1. The summed E-state index contributed by atoms with van der Waals surface area (Å²) in [6.07, 6.45) is 1.04. The lowest BCUT2D eigenvalue weighted by molar-refractivity contribution is -0.155. The normalized spacial score (nSPS) is 28.3. The Morgan fingerprint density at radius 1 is 1.12 bits per heavy atom. The van der Waals surface area contributed by atoms with Gasteiger partial charge in [0.1, 0.15) is 11.9 Å². The van der Waals surface area contributed by atoms with Crippen molar-refractivity contribution in [3.05, 3.63) is 71.0 Å². The highest BCUT2D eigenvalue weighted by atomic mass is 19.1. The average Bonchev–Trinajstić information content (AvgIpc) is 2.82. The second kappa shape index (κ2) is 8.93. The molecule has 2 aromatic rings. The molecule has 3 heterocycles. The molecule has 2 fully saturated rings. The number of nitrogens with one attached hydrogen (secondary N) is 1. The van der Waals surface area contributed by atoms with E-state index in [9.17, 15) is 9.18 Å². The number of carbonyl (C=O) groups is 1. The molecule has 1 N–H and O–H groups in total. The fourth-order valence-electron chi connectivity index (χ4n) is 5.68. The number of fused-ring (bicyclic) bond motifs is 2. The first-order chi connectivity index (χ1) is 15.5. The average molecular weight is 438 g/mol. The molecule has 3 aliphatic heterocycles. The zero-order valence-corrected chi connectivity index (χ0v) is 18.8. The predicted octanol–water partition coefficient (Wildman–Crippen LogP) is 3.14. The van der Waals surface area contributed by atoms with E-state index in [1.165, 1.54) is 17.7 Å². The van der Waals surface area contributed by atoms with Crippen molar-refractivity contribution in [1.29, 1.82) is 0 Å². The van der Waals surface area contributed by atoms with Crippen molar-refractivity contribution in [3.63, 3.8) is 0 Å². The van der Waals surface area contributed by atoms with Gasteiger partial charge in [-0.3, -0.25) is 9.69 Å². The number of hydrogen-bond donors (Lipinski definition) is 1. The van der Waals surface area contributed by atoms with Crippen molar-refractivity contribution < 1.29 is 13.9 Å². The number of nitrogens with zero attached hydrogens (tertiary/aromatic N) is 2. The van der Waals surface area contributed by atoms with Gasteiger partial charge in [0.2, 0.25) is 0 Å². The van der Waals surface area contributed by atoms with E-state index in [1.807, 2.05) is 17.0 Å². The van der Waals surface area contributed by atoms with Crippen molar-refractivity contribution >= 4 is 5.91 Å². The zero-order valence-electron chi connectivity index (χ0n) is 18.8. The van der Waals surface area contributed by atoms with E-state index in [0.717, 1.165) is 30.6 Å². The van der Waals surface area contributed by atoms with Gasteiger partial charge in [-0.15, -0.1) is 0 Å². The Balaban J connectivity index is 1.40. The topological polar surface area (TPSA) is 44.8 Å². The summed E-state index contributed by atoms with van der Waals surface area (Å²) in [5, 5.41) is 3.62. The van der Waals surface area contributed by atoms with Gasteiger partial charge in [-0.25, -0.2) is 4.39 Å². The van der Waals surface area contributed by atoms with Gasteiger partial charge in [0.15, 0.2) is 0 Å². The molecule has 170 valence electrons. The van der Waals surface area contributed by atoms with Crippen molar-refractivity contribution in [2.75, 3.05) is 26.2 Å². The molecule has 3 aliphatic rings. The van der Waals surface area contributed by atoms with E-state index in [0.29, 0.717) is 31.7 Å². The molecule has 4 atom stereocenters. The minimum atomic E-state index is -0.455. The Bertz CT molecular complexity index is 964. The van der Waals surface area contributed by atoms with Gasteiger partial charge in [0.25, 0.3) is 5.91 Å². The molecule has 0 saturated carbocycles. The first-order valence-corrected chi connectivity index (χ1v) is 11.8. The number of ether oxygens (including phenoxy) is 1. The van der Waals surface area contributed by atoms with Crippen LogP contribution in [0.1, 0.15) is 43.0 Å². The Hall–Kier alpha value is -2.28. The van der Waals surface area contributed by atoms with Crippen molar-refractivity contribution in [1.82, 2.24) is 15.1 Å². The Morgan fingerprint density at radius 3 is 2.69 bits per heavy atom. The standard InChI is InChI=1S/C26H32FN3O2/c1-17(2)29-14-12-28-22-15-24(32-16-23(22)29)26(31)30-13-11-18-5-3-4-6-21(18)25(30)19-7-9-20(27)10-8-19/h3-10,17,22-25,28H,11-16H2,1-2H3/t22-,23+,24+,25-/m0/s1. The molecule has 5 nitrogen and oxygen atoms in total. The molecule has 0 bridgehead atoms. The molecule has 2 saturated heterocycles. The molecule has 0 aliphatic carbocycles. The maximum Gasteiger partial charge on any atom is 0.252 e. The van der Waals surface area contributed by atoms with Crippen LogP contribution in [0.3, 0.4) is 0 Å². The first-order valence-electron chi connectivity index (χ1n) is 11.8. The molecular formula is C26H32FN3O2. The highest BCUT2D eigenvalue weighted by Gasteiger charge is 2.43. The summed E-state index contributed by atoms with van der Waals surface area (Å²) in [4.78, 5) is 18.2. The molecule has 0 aromatic heterocycles. The molecule has 5 rings (SSSR count). The number of hydrogen-bond acceptors (Lipinski definition) is 4. The fourth-order valence-corrected chi connectivity index (χ4v) is 5.68. The number of benzene rings is 2. The third-order valence-corrected chi connectivity index (χ3v) is 7.29. The van der Waals surface area contributed by atoms with Gasteiger partial charge in [-0.05, 0) is 55.5 Å². The van der Waals surface area contributed by atoms with Crippen LogP contribution in [0.4, 0.5) is 4.39 Å². The second-order valence-electron chi connectivity index (χ2n) is 9.45. The summed E-state index contributed by atoms with van der Waals surface area (Å²) in [5.41, 5.74) is 3.30. The van der Waals surface area contributed by atoms with Crippen molar-refractivity contribution in [3.8, 4) is 0 Å². The van der Waals surface area contributed by atoms with Crippen LogP contribution >= 0.6 is 0 Å². The molecule has 0 spiro atoms. The lowest BCUT2D eigenvalue weighted by Crippen LogP contribution is -2.65. The minimum Gasteiger partial charge on any atom is -0.367 e. The summed E-state index contributed by atoms with van der Waals surface area (Å²) >= 11 is 0. The van der Waals surface area contributed by atoms with E-state index in [4.69, 9.17) is 4.74 Å². The molecule has 0 unspecified atom stereocenters. The van der Waals surface area contributed by atoms with Gasteiger partial charge >= 0.3 is 0 Å². The maximum absolute atomic E-state index is 13.8. The molecular weight excluding hydrogens is 405 g/mol. The van der Waals surface area contributed by atoms with Gasteiger partial charge < -0.3 is 15.0 Å². The molecule has 2 aromatic carbocycles. The van der Waals surface area contributed by atoms with Crippen LogP contribution in [-0.2, 0) is 16.0 Å². The summed E-state index contributed by atoms with van der Waals surface area (Å²) in [6.45, 7) is 7.59. The van der Waals surface area contributed by atoms with Crippen LogP contribution in [0.2, 0.25) is 0 Å². The Kier molecular flexibility index (Phi) is 6.01. The van der Waals surface area contributed by atoms with E-state index < -0.39 is 6.10 Å². The minimum absolute atomic E-state index is 0.0377. The lowest BCUT2D eigenvalue weighted by Gasteiger charge is -2.48. The molecule has 0 radical (unpaired) electrons. The van der Waals surface area contributed by atoms with Crippen molar-refractivity contribution in [2.45, 2.75) is 57.0 Å². The Morgan fingerprint density at radius 2 is 1.91 bits per heavy atom. The zero-order chi connectivity index (χ0) is 22.2. The number of piperazine rings is 1. The number of amides is 1. The van der Waals surface area contributed by atoms with Crippen LogP contribution in [0, 0.1) is 5.82 Å².